The molecule has 0 spiro atoms. The molecule has 2 aliphatic rings. The summed E-state index contributed by atoms with van der Waals surface area (Å²) < 4.78 is 1.75. The highest BCUT2D eigenvalue weighted by molar-refractivity contribution is 7.98. The van der Waals surface area contributed by atoms with Crippen LogP contribution in [-0.4, -0.2) is 37.8 Å². The maximum atomic E-state index is 12.6. The first-order chi connectivity index (χ1) is 11.6. The van der Waals surface area contributed by atoms with E-state index < -0.39 is 0 Å². The molecule has 2 fully saturated rings. The van der Waals surface area contributed by atoms with E-state index in [4.69, 9.17) is 0 Å². The van der Waals surface area contributed by atoms with Gasteiger partial charge in [-0.2, -0.15) is 4.98 Å². The van der Waals surface area contributed by atoms with Gasteiger partial charge in [0.1, 0.15) is 0 Å². The Morgan fingerprint density at radius 3 is 2.50 bits per heavy atom. The van der Waals surface area contributed by atoms with Gasteiger partial charge < -0.3 is 5.32 Å². The summed E-state index contributed by atoms with van der Waals surface area (Å²) in [4.78, 5) is 21.5. The third-order valence-electron chi connectivity index (χ3n) is 5.14. The first-order valence-electron chi connectivity index (χ1n) is 8.63. The summed E-state index contributed by atoms with van der Waals surface area (Å²) >= 11 is 1.50. The van der Waals surface area contributed by atoms with Gasteiger partial charge in [-0.1, -0.05) is 11.8 Å². The minimum absolute atomic E-state index is 0.108. The topological polar surface area (TPSA) is 72.2 Å². The van der Waals surface area contributed by atoms with Crippen molar-refractivity contribution in [3.8, 4) is 0 Å². The molecule has 2 aromatic heterocycles. The second kappa shape index (κ2) is 6.02. The van der Waals surface area contributed by atoms with E-state index in [9.17, 15) is 4.79 Å². The van der Waals surface area contributed by atoms with E-state index >= 15 is 0 Å². The summed E-state index contributed by atoms with van der Waals surface area (Å²) in [5.74, 6) is 2.14. The van der Waals surface area contributed by atoms with Gasteiger partial charge >= 0.3 is 0 Å². The molecule has 2 saturated carbocycles. The van der Waals surface area contributed by atoms with E-state index in [0.717, 1.165) is 17.0 Å². The van der Waals surface area contributed by atoms with Crippen LogP contribution in [0.4, 0.5) is 0 Å². The Morgan fingerprint density at radius 1 is 1.25 bits per heavy atom. The first-order valence-corrected chi connectivity index (χ1v) is 9.85. The summed E-state index contributed by atoms with van der Waals surface area (Å²) in [6.45, 7) is 3.94. The van der Waals surface area contributed by atoms with Gasteiger partial charge in [0.2, 0.25) is 11.1 Å². The van der Waals surface area contributed by atoms with Gasteiger partial charge in [-0.05, 0) is 57.6 Å². The number of aryl methyl sites for hydroxylation is 2. The molecule has 7 heteroatoms. The summed E-state index contributed by atoms with van der Waals surface area (Å²) in [7, 11) is 0. The van der Waals surface area contributed by atoms with Crippen LogP contribution in [0.5, 0.6) is 0 Å². The standard InChI is InChI=1S/C17H23N5OS/c1-9-13(10(2)22-16(18-9)20-17(21-22)24-3)8-14(23)19-15(11-4-5-11)12-6-7-12/h11-12,15H,4-8H2,1-3H3,(H,19,23). The molecule has 6 nitrogen and oxygen atoms in total. The van der Waals surface area contributed by atoms with Crippen LogP contribution in [0.15, 0.2) is 5.16 Å². The Bertz CT molecular complexity index is 782. The minimum Gasteiger partial charge on any atom is -0.353 e. The Morgan fingerprint density at radius 2 is 1.92 bits per heavy atom. The van der Waals surface area contributed by atoms with Crippen molar-refractivity contribution in [2.24, 2.45) is 11.8 Å². The molecule has 0 bridgehead atoms. The second-order valence-corrected chi connectivity index (χ2v) is 7.79. The number of nitrogens with zero attached hydrogens (tertiary/aromatic N) is 4. The van der Waals surface area contributed by atoms with Crippen LogP contribution in [0.25, 0.3) is 5.78 Å². The lowest BCUT2D eigenvalue weighted by Crippen LogP contribution is -2.39. The third kappa shape index (κ3) is 3.01. The molecule has 0 unspecified atom stereocenters. The van der Waals surface area contributed by atoms with Gasteiger partial charge in [-0.3, -0.25) is 4.79 Å². The van der Waals surface area contributed by atoms with Crippen molar-refractivity contribution in [1.29, 1.82) is 0 Å². The fourth-order valence-electron chi connectivity index (χ4n) is 3.46. The molecular formula is C17H23N5OS. The molecule has 24 heavy (non-hydrogen) atoms. The Balaban J connectivity index is 1.55. The molecule has 0 atom stereocenters. The van der Waals surface area contributed by atoms with Crippen molar-refractivity contribution in [1.82, 2.24) is 24.9 Å². The number of aromatic nitrogens is 4. The fourth-order valence-corrected chi connectivity index (χ4v) is 3.80. The first kappa shape index (κ1) is 15.9. The molecule has 1 N–H and O–H groups in total. The van der Waals surface area contributed by atoms with Crippen molar-refractivity contribution < 1.29 is 4.79 Å². The summed E-state index contributed by atoms with van der Waals surface area (Å²) in [6.07, 6.45) is 7.38. The van der Waals surface area contributed by atoms with Crippen molar-refractivity contribution in [3.63, 3.8) is 0 Å². The van der Waals surface area contributed by atoms with Gasteiger partial charge in [-0.15, -0.1) is 5.10 Å². The SMILES string of the molecule is CSc1nc2nc(C)c(CC(=O)NC(C3CC3)C3CC3)c(C)n2n1. The molecule has 0 radical (unpaired) electrons. The highest BCUT2D eigenvalue weighted by Gasteiger charge is 2.42. The van der Waals surface area contributed by atoms with E-state index in [0.29, 0.717) is 35.2 Å². The maximum Gasteiger partial charge on any atom is 0.253 e. The van der Waals surface area contributed by atoms with Crippen molar-refractivity contribution >= 4 is 23.4 Å². The average Bonchev–Trinajstić information content (AvgIpc) is 3.46. The highest BCUT2D eigenvalue weighted by atomic mass is 32.2. The number of carbonyl (C=O) groups is 1. The largest absolute Gasteiger partial charge is 0.353 e. The van der Waals surface area contributed by atoms with Crippen LogP contribution in [0, 0.1) is 25.7 Å². The Kier molecular flexibility index (Phi) is 3.98. The lowest BCUT2D eigenvalue weighted by atomic mass is 10.1. The molecule has 4 rings (SSSR count). The molecule has 1 amide bonds. The number of rotatable bonds is 6. The van der Waals surface area contributed by atoms with Crippen LogP contribution in [-0.2, 0) is 11.2 Å². The van der Waals surface area contributed by atoms with Gasteiger partial charge in [0, 0.05) is 23.0 Å². The van der Waals surface area contributed by atoms with E-state index in [2.05, 4.69) is 20.4 Å². The summed E-state index contributed by atoms with van der Waals surface area (Å²) in [5, 5.41) is 8.45. The van der Waals surface area contributed by atoms with Gasteiger partial charge in [0.05, 0.1) is 6.42 Å². The smallest absolute Gasteiger partial charge is 0.253 e. The van der Waals surface area contributed by atoms with E-state index in [1.54, 1.807) is 4.52 Å². The molecule has 0 saturated heterocycles. The normalized spacial score (nSPS) is 17.7. The molecule has 0 aromatic carbocycles. The van der Waals surface area contributed by atoms with E-state index in [1.165, 1.54) is 37.4 Å². The predicted octanol–water partition coefficient (Wildman–Crippen LogP) is 2.31. The minimum atomic E-state index is 0.108. The molecule has 2 aliphatic carbocycles. The number of carbonyl (C=O) groups excluding carboxylic acids is 1. The van der Waals surface area contributed by atoms with Crippen LogP contribution >= 0.6 is 11.8 Å². The zero-order chi connectivity index (χ0) is 16.8. The summed E-state index contributed by atoms with van der Waals surface area (Å²) in [5.41, 5.74) is 2.78. The lowest BCUT2D eigenvalue weighted by Gasteiger charge is -2.18. The van der Waals surface area contributed by atoms with Crippen LogP contribution in [0.2, 0.25) is 0 Å². The summed E-state index contributed by atoms with van der Waals surface area (Å²) in [6, 6.07) is 0.393. The number of thioether (sulfide) groups is 1. The monoisotopic (exact) mass is 345 g/mol. The van der Waals surface area contributed by atoms with Crippen LogP contribution < -0.4 is 5.32 Å². The maximum absolute atomic E-state index is 12.6. The molecule has 128 valence electrons. The zero-order valence-electron chi connectivity index (χ0n) is 14.4. The van der Waals surface area contributed by atoms with E-state index in [1.807, 2.05) is 20.1 Å². The molecule has 0 aliphatic heterocycles. The number of amides is 1. The zero-order valence-corrected chi connectivity index (χ0v) is 15.2. The fraction of sp³-hybridized carbons (Fsp3) is 0.647. The van der Waals surface area contributed by atoms with Gasteiger partial charge in [0.25, 0.3) is 5.78 Å². The van der Waals surface area contributed by atoms with Crippen molar-refractivity contribution in [3.05, 3.63) is 17.0 Å². The van der Waals surface area contributed by atoms with Crippen molar-refractivity contribution in [2.45, 2.75) is 57.1 Å². The predicted molar refractivity (Wildman–Crippen MR) is 93.1 cm³/mol. The highest BCUT2D eigenvalue weighted by Crippen LogP contribution is 2.44. The molecule has 2 heterocycles. The average molecular weight is 345 g/mol. The van der Waals surface area contributed by atoms with Crippen molar-refractivity contribution in [2.75, 3.05) is 6.26 Å². The second-order valence-electron chi connectivity index (χ2n) is 7.02. The Labute approximate surface area is 145 Å². The number of nitrogens with one attached hydrogen (secondary N) is 1. The van der Waals surface area contributed by atoms with E-state index in [-0.39, 0.29) is 5.91 Å². The van der Waals surface area contributed by atoms with Gasteiger partial charge in [0.15, 0.2) is 0 Å². The quantitative estimate of drug-likeness (QED) is 0.814. The molecule has 2 aromatic rings. The van der Waals surface area contributed by atoms with Crippen LogP contribution in [0.1, 0.15) is 42.6 Å². The van der Waals surface area contributed by atoms with Crippen LogP contribution in [0.3, 0.4) is 0 Å². The third-order valence-corrected chi connectivity index (χ3v) is 5.67. The van der Waals surface area contributed by atoms with Gasteiger partial charge in [-0.25, -0.2) is 9.50 Å². The number of fused-ring (bicyclic) bond motifs is 1. The Hall–Kier alpha value is -1.63. The number of hydrogen-bond acceptors (Lipinski definition) is 5. The molecular weight excluding hydrogens is 322 g/mol. The number of hydrogen-bond donors (Lipinski definition) is 1. The lowest BCUT2D eigenvalue weighted by molar-refractivity contribution is -0.121.